The Morgan fingerprint density at radius 1 is 1.16 bits per heavy atom. The van der Waals surface area contributed by atoms with E-state index >= 15 is 0 Å². The second-order valence-electron chi connectivity index (χ2n) is 5.33. The van der Waals surface area contributed by atoms with Crippen molar-refractivity contribution in [2.24, 2.45) is 5.73 Å². The van der Waals surface area contributed by atoms with Crippen LogP contribution in [0, 0.1) is 13.8 Å². The Kier molecular flexibility index (Phi) is 8.04. The number of nitrogens with two attached hydrogens (primary N) is 1. The molecule has 0 radical (unpaired) electrons. The van der Waals surface area contributed by atoms with Crippen LogP contribution >= 0.6 is 23.7 Å². The quantitative estimate of drug-likeness (QED) is 0.615. The summed E-state index contributed by atoms with van der Waals surface area (Å²) in [6.07, 6.45) is 0. The van der Waals surface area contributed by atoms with Gasteiger partial charge in [0.1, 0.15) is 0 Å². The van der Waals surface area contributed by atoms with E-state index in [2.05, 4.69) is 10.0 Å². The molecule has 0 spiro atoms. The van der Waals surface area contributed by atoms with Gasteiger partial charge in [-0.05, 0) is 37.6 Å². The average Bonchev–Trinajstić information content (AvgIpc) is 2.91. The fourth-order valence-electron chi connectivity index (χ4n) is 2.21. The largest absolute Gasteiger partial charge is 0.351 e. The summed E-state index contributed by atoms with van der Waals surface area (Å²) in [5.74, 6) is -0.250. The first-order valence-corrected chi connectivity index (χ1v) is 9.77. The summed E-state index contributed by atoms with van der Waals surface area (Å²) in [6.45, 7) is 4.40. The molecule has 0 aliphatic heterocycles. The number of rotatable bonds is 7. The number of amides is 1. The number of benzene rings is 1. The minimum atomic E-state index is -3.55. The molecule has 2 aromatic rings. The maximum absolute atomic E-state index is 12.2. The van der Waals surface area contributed by atoms with Gasteiger partial charge in [-0.2, -0.15) is 0 Å². The van der Waals surface area contributed by atoms with E-state index in [1.807, 2.05) is 6.92 Å². The van der Waals surface area contributed by atoms with Gasteiger partial charge in [0.2, 0.25) is 10.0 Å². The van der Waals surface area contributed by atoms with Crippen LogP contribution in [-0.2, 0) is 16.6 Å². The molecule has 0 aliphatic rings. The zero-order chi connectivity index (χ0) is 17.7. The number of nitrogens with one attached hydrogen (secondary N) is 2. The lowest BCUT2D eigenvalue weighted by Crippen LogP contribution is -2.34. The van der Waals surface area contributed by atoms with Crippen LogP contribution in [0.15, 0.2) is 35.2 Å². The first kappa shape index (κ1) is 21.6. The third kappa shape index (κ3) is 5.79. The van der Waals surface area contributed by atoms with E-state index < -0.39 is 10.0 Å². The van der Waals surface area contributed by atoms with Gasteiger partial charge in [0.15, 0.2) is 0 Å². The van der Waals surface area contributed by atoms with E-state index in [-0.39, 0.29) is 31.4 Å². The molecule has 0 atom stereocenters. The van der Waals surface area contributed by atoms with Gasteiger partial charge < -0.3 is 11.1 Å². The summed E-state index contributed by atoms with van der Waals surface area (Å²) in [4.78, 5) is 14.0. The van der Waals surface area contributed by atoms with Crippen LogP contribution < -0.4 is 15.8 Å². The number of carbonyl (C=O) groups is 1. The minimum Gasteiger partial charge on any atom is -0.351 e. The summed E-state index contributed by atoms with van der Waals surface area (Å²) >= 11 is 1.44. The zero-order valence-electron chi connectivity index (χ0n) is 14.0. The average molecular weight is 404 g/mol. The number of sulfonamides is 1. The summed E-state index contributed by atoms with van der Waals surface area (Å²) < 4.78 is 26.9. The molecule has 1 amide bonds. The van der Waals surface area contributed by atoms with Crippen molar-refractivity contribution in [3.05, 3.63) is 51.2 Å². The Hall–Kier alpha value is -1.45. The van der Waals surface area contributed by atoms with Crippen molar-refractivity contribution in [2.75, 3.05) is 13.1 Å². The normalized spacial score (nSPS) is 11.0. The van der Waals surface area contributed by atoms with Crippen molar-refractivity contribution in [3.63, 3.8) is 0 Å². The number of halogens is 1. The summed E-state index contributed by atoms with van der Waals surface area (Å²) in [5, 5.41) is 2.69. The molecule has 0 saturated heterocycles. The lowest BCUT2D eigenvalue weighted by Gasteiger charge is -2.08. The predicted octanol–water partition coefficient (Wildman–Crippen LogP) is 1.95. The van der Waals surface area contributed by atoms with Gasteiger partial charge >= 0.3 is 0 Å². The number of hydrogen-bond acceptors (Lipinski definition) is 5. The SMILES string of the molecule is Cc1cc(S(=O)(=O)NCCNC(=O)c2ccc(CN)cc2)c(C)s1.Cl. The topological polar surface area (TPSA) is 101 Å². The highest BCUT2D eigenvalue weighted by molar-refractivity contribution is 7.89. The van der Waals surface area contributed by atoms with Gasteiger partial charge in [0, 0.05) is 35.0 Å². The Labute approximate surface area is 158 Å². The molecule has 4 N–H and O–H groups in total. The van der Waals surface area contributed by atoms with E-state index in [9.17, 15) is 13.2 Å². The molecular formula is C16H22ClN3O3S2. The van der Waals surface area contributed by atoms with Gasteiger partial charge in [0.25, 0.3) is 5.91 Å². The lowest BCUT2D eigenvalue weighted by molar-refractivity contribution is 0.0954. The summed E-state index contributed by atoms with van der Waals surface area (Å²) in [5.41, 5.74) is 6.97. The highest BCUT2D eigenvalue weighted by Crippen LogP contribution is 2.24. The van der Waals surface area contributed by atoms with Crippen molar-refractivity contribution < 1.29 is 13.2 Å². The second kappa shape index (κ2) is 9.30. The van der Waals surface area contributed by atoms with Crippen LogP contribution in [-0.4, -0.2) is 27.4 Å². The van der Waals surface area contributed by atoms with Crippen LogP contribution in [0.1, 0.15) is 25.7 Å². The first-order valence-electron chi connectivity index (χ1n) is 7.47. The first-order chi connectivity index (χ1) is 11.3. The monoisotopic (exact) mass is 403 g/mol. The molecule has 2 rings (SSSR count). The fraction of sp³-hybridized carbons (Fsp3) is 0.312. The molecule has 0 saturated carbocycles. The van der Waals surface area contributed by atoms with Crippen LogP contribution in [0.25, 0.3) is 0 Å². The Balaban J connectivity index is 0.00000312. The number of aryl methyl sites for hydroxylation is 2. The molecule has 9 heteroatoms. The van der Waals surface area contributed by atoms with Crippen LogP contribution in [0.3, 0.4) is 0 Å². The van der Waals surface area contributed by atoms with Gasteiger partial charge in [-0.3, -0.25) is 4.79 Å². The van der Waals surface area contributed by atoms with Crippen LogP contribution in [0.4, 0.5) is 0 Å². The number of hydrogen-bond donors (Lipinski definition) is 3. The van der Waals surface area contributed by atoms with Crippen LogP contribution in [0.5, 0.6) is 0 Å². The van der Waals surface area contributed by atoms with Gasteiger partial charge in [-0.15, -0.1) is 23.7 Å². The Morgan fingerprint density at radius 2 is 1.80 bits per heavy atom. The van der Waals surface area contributed by atoms with E-state index in [1.54, 1.807) is 37.3 Å². The molecule has 0 aliphatic carbocycles. The molecule has 0 fully saturated rings. The molecular weight excluding hydrogens is 382 g/mol. The molecule has 0 unspecified atom stereocenters. The Bertz CT molecular complexity index is 818. The summed E-state index contributed by atoms with van der Waals surface area (Å²) in [7, 11) is -3.55. The molecule has 25 heavy (non-hydrogen) atoms. The van der Waals surface area contributed by atoms with Crippen molar-refractivity contribution >= 4 is 39.7 Å². The van der Waals surface area contributed by atoms with Crippen molar-refractivity contribution in [1.29, 1.82) is 0 Å². The smallest absolute Gasteiger partial charge is 0.251 e. The van der Waals surface area contributed by atoms with E-state index in [1.165, 1.54) is 11.3 Å². The predicted molar refractivity (Wildman–Crippen MR) is 103 cm³/mol. The third-order valence-electron chi connectivity index (χ3n) is 3.44. The summed E-state index contributed by atoms with van der Waals surface area (Å²) in [6, 6.07) is 8.62. The van der Waals surface area contributed by atoms with E-state index in [4.69, 9.17) is 5.73 Å². The van der Waals surface area contributed by atoms with E-state index in [0.29, 0.717) is 17.0 Å². The third-order valence-corrected chi connectivity index (χ3v) is 6.12. The van der Waals surface area contributed by atoms with Gasteiger partial charge in [-0.1, -0.05) is 12.1 Å². The standard InChI is InChI=1S/C16H21N3O3S2.ClH/c1-11-9-15(12(2)23-11)24(21,22)19-8-7-18-16(20)14-5-3-13(10-17)4-6-14;/h3-6,9,19H,7-8,10,17H2,1-2H3,(H,18,20);1H. The molecule has 6 nitrogen and oxygen atoms in total. The fourth-order valence-corrected chi connectivity index (χ4v) is 4.79. The Morgan fingerprint density at radius 3 is 2.32 bits per heavy atom. The highest BCUT2D eigenvalue weighted by Gasteiger charge is 2.18. The maximum Gasteiger partial charge on any atom is 0.251 e. The van der Waals surface area contributed by atoms with Gasteiger partial charge in [0.05, 0.1) is 4.90 Å². The van der Waals surface area contributed by atoms with Crippen molar-refractivity contribution in [1.82, 2.24) is 10.0 Å². The number of carbonyl (C=O) groups excluding carboxylic acids is 1. The minimum absolute atomic E-state index is 0. The molecule has 138 valence electrons. The zero-order valence-corrected chi connectivity index (χ0v) is 16.5. The lowest BCUT2D eigenvalue weighted by atomic mass is 10.1. The number of thiophene rings is 1. The molecule has 0 bridgehead atoms. The highest BCUT2D eigenvalue weighted by atomic mass is 35.5. The van der Waals surface area contributed by atoms with Crippen LogP contribution in [0.2, 0.25) is 0 Å². The molecule has 1 heterocycles. The van der Waals surface area contributed by atoms with Crippen molar-refractivity contribution in [3.8, 4) is 0 Å². The molecule has 1 aromatic heterocycles. The maximum atomic E-state index is 12.2. The van der Waals surface area contributed by atoms with Crippen molar-refractivity contribution in [2.45, 2.75) is 25.3 Å². The molecule has 1 aromatic carbocycles. The second-order valence-corrected chi connectivity index (χ2v) is 8.53. The van der Waals surface area contributed by atoms with Gasteiger partial charge in [-0.25, -0.2) is 13.1 Å². The van der Waals surface area contributed by atoms with E-state index in [0.717, 1.165) is 15.3 Å².